The zero-order chi connectivity index (χ0) is 20.3. The van der Waals surface area contributed by atoms with Crippen molar-refractivity contribution in [1.29, 1.82) is 0 Å². The molecule has 0 spiro atoms. The number of nitrogens with one attached hydrogen (secondary N) is 1. The van der Waals surface area contributed by atoms with Crippen LogP contribution in [0.5, 0.6) is 0 Å². The smallest absolute Gasteiger partial charge is 0.293 e. The zero-order valence-electron chi connectivity index (χ0n) is 14.6. The number of hydrogen-bond donors (Lipinski definition) is 1. The molecule has 0 fully saturated rings. The third-order valence-electron chi connectivity index (χ3n) is 3.89. The lowest BCUT2D eigenvalue weighted by molar-refractivity contribution is -0.385. The first-order valence-corrected chi connectivity index (χ1v) is 8.51. The highest BCUT2D eigenvalue weighted by molar-refractivity contribution is 6.31. The number of benzene rings is 1. The Labute approximate surface area is 163 Å². The normalized spacial score (nSPS) is 12.0. The number of hydrogen-bond acceptors (Lipinski definition) is 6. The second-order valence-electron chi connectivity index (χ2n) is 6.03. The van der Waals surface area contributed by atoms with Gasteiger partial charge < -0.3 is 0 Å². The Morgan fingerprint density at radius 3 is 2.89 bits per heavy atom. The van der Waals surface area contributed by atoms with Gasteiger partial charge in [0.15, 0.2) is 0 Å². The second-order valence-corrected chi connectivity index (χ2v) is 6.44. The number of aromatic nitrogens is 5. The van der Waals surface area contributed by atoms with E-state index in [4.69, 9.17) is 11.6 Å². The van der Waals surface area contributed by atoms with Crippen molar-refractivity contribution in [1.82, 2.24) is 24.5 Å². The Morgan fingerprint density at radius 1 is 1.43 bits per heavy atom. The molecule has 1 unspecified atom stereocenters. The van der Waals surface area contributed by atoms with Crippen LogP contribution in [0.15, 0.2) is 36.9 Å². The first-order valence-electron chi connectivity index (χ1n) is 8.13. The molecule has 0 radical (unpaired) electrons. The number of amides is 1. The molecule has 3 rings (SSSR count). The number of carbonyl (C=O) groups excluding carboxylic acids is 1. The molecule has 2 heterocycles. The molecule has 1 N–H and O–H groups in total. The van der Waals surface area contributed by atoms with Gasteiger partial charge in [0.1, 0.15) is 24.5 Å². The summed E-state index contributed by atoms with van der Waals surface area (Å²) in [5.74, 6) is -1.35. The van der Waals surface area contributed by atoms with E-state index in [1.54, 1.807) is 13.0 Å². The van der Waals surface area contributed by atoms with Gasteiger partial charge >= 0.3 is 5.69 Å². The molecule has 0 bridgehead atoms. The van der Waals surface area contributed by atoms with Crippen LogP contribution < -0.4 is 5.32 Å². The van der Waals surface area contributed by atoms with E-state index in [1.165, 1.54) is 34.0 Å². The molecular weight excluding hydrogens is 393 g/mol. The van der Waals surface area contributed by atoms with Gasteiger partial charge in [0.2, 0.25) is 11.9 Å². The van der Waals surface area contributed by atoms with Gasteiger partial charge in [-0.05, 0) is 12.1 Å². The summed E-state index contributed by atoms with van der Waals surface area (Å²) in [6.45, 7) is 1.84. The highest BCUT2D eigenvalue weighted by atomic mass is 35.5. The second kappa shape index (κ2) is 8.13. The van der Waals surface area contributed by atoms with E-state index in [2.05, 4.69) is 20.5 Å². The molecule has 1 atom stereocenters. The maximum Gasteiger partial charge on any atom is 0.306 e. The van der Waals surface area contributed by atoms with Crippen molar-refractivity contribution in [2.75, 3.05) is 5.32 Å². The molecule has 146 valence electrons. The lowest BCUT2D eigenvalue weighted by atomic mass is 10.1. The van der Waals surface area contributed by atoms with E-state index in [0.717, 1.165) is 6.20 Å². The van der Waals surface area contributed by atoms with Gasteiger partial charge in [-0.15, -0.1) is 5.10 Å². The van der Waals surface area contributed by atoms with Crippen LogP contribution in [0, 0.1) is 21.8 Å². The molecule has 10 nitrogen and oxygen atoms in total. The molecular formula is C16H15ClFN7O3. The summed E-state index contributed by atoms with van der Waals surface area (Å²) in [6, 6.07) is 4.37. The minimum atomic E-state index is -0.563. The summed E-state index contributed by atoms with van der Waals surface area (Å²) < 4.78 is 16.5. The fourth-order valence-corrected chi connectivity index (χ4v) is 2.64. The standard InChI is InChI=1S/C16H15ClFN7O3/c1-10(6-23-7-11(5-20-23)25(27)28)15(26)21-16-19-9-24(22-16)8-12-13(17)3-2-4-14(12)18/h2-5,7,9-10H,6,8H2,1H3,(H,21,22,26). The van der Waals surface area contributed by atoms with Gasteiger partial charge in [-0.3, -0.25) is 24.9 Å². The Hall–Kier alpha value is -3.34. The molecule has 1 amide bonds. The summed E-state index contributed by atoms with van der Waals surface area (Å²) >= 11 is 5.99. The SMILES string of the molecule is CC(Cn1cc([N+](=O)[O-])cn1)C(=O)Nc1ncn(Cc2c(F)cccc2Cl)n1. The average molecular weight is 408 g/mol. The van der Waals surface area contributed by atoms with E-state index < -0.39 is 16.7 Å². The number of nitrogens with zero attached hydrogens (tertiary/aromatic N) is 6. The fourth-order valence-electron chi connectivity index (χ4n) is 2.42. The van der Waals surface area contributed by atoms with Crippen LogP contribution in [0.3, 0.4) is 0 Å². The molecule has 0 aliphatic rings. The van der Waals surface area contributed by atoms with Crippen molar-refractivity contribution in [2.45, 2.75) is 20.0 Å². The Balaban J connectivity index is 1.60. The molecule has 12 heteroatoms. The Morgan fingerprint density at radius 2 is 2.21 bits per heavy atom. The third-order valence-corrected chi connectivity index (χ3v) is 4.25. The molecule has 1 aromatic carbocycles. The molecule has 0 saturated carbocycles. The predicted octanol–water partition coefficient (Wildman–Crippen LogP) is 2.50. The molecule has 0 aliphatic heterocycles. The van der Waals surface area contributed by atoms with Crippen LogP contribution in [-0.2, 0) is 17.9 Å². The van der Waals surface area contributed by atoms with Crippen molar-refractivity contribution in [3.05, 3.63) is 63.4 Å². The Kier molecular flexibility index (Phi) is 5.64. The van der Waals surface area contributed by atoms with E-state index >= 15 is 0 Å². The van der Waals surface area contributed by atoms with E-state index in [9.17, 15) is 19.3 Å². The molecule has 3 aromatic rings. The lowest BCUT2D eigenvalue weighted by Gasteiger charge is -2.10. The van der Waals surface area contributed by atoms with Crippen LogP contribution in [0.25, 0.3) is 0 Å². The largest absolute Gasteiger partial charge is 0.306 e. The first-order chi connectivity index (χ1) is 13.3. The monoisotopic (exact) mass is 407 g/mol. The van der Waals surface area contributed by atoms with Gasteiger partial charge in [-0.2, -0.15) is 5.10 Å². The van der Waals surface area contributed by atoms with E-state index in [1.807, 2.05) is 0 Å². The number of anilines is 1. The predicted molar refractivity (Wildman–Crippen MR) is 97.2 cm³/mol. The summed E-state index contributed by atoms with van der Waals surface area (Å²) in [7, 11) is 0. The van der Waals surface area contributed by atoms with Crippen LogP contribution in [0.2, 0.25) is 5.02 Å². The van der Waals surface area contributed by atoms with Crippen molar-refractivity contribution in [2.24, 2.45) is 5.92 Å². The third kappa shape index (κ3) is 4.49. The number of nitro groups is 1. The maximum absolute atomic E-state index is 13.9. The van der Waals surface area contributed by atoms with Crippen molar-refractivity contribution < 1.29 is 14.1 Å². The zero-order valence-corrected chi connectivity index (χ0v) is 15.4. The number of carbonyl (C=O) groups is 1. The van der Waals surface area contributed by atoms with Crippen molar-refractivity contribution in [3.63, 3.8) is 0 Å². The van der Waals surface area contributed by atoms with Gasteiger partial charge in [-0.25, -0.2) is 14.1 Å². The van der Waals surface area contributed by atoms with Crippen LogP contribution in [-0.4, -0.2) is 35.4 Å². The summed E-state index contributed by atoms with van der Waals surface area (Å²) in [4.78, 5) is 26.4. The van der Waals surface area contributed by atoms with Gasteiger partial charge in [0.25, 0.3) is 0 Å². The lowest BCUT2D eigenvalue weighted by Crippen LogP contribution is -2.25. The van der Waals surface area contributed by atoms with Crippen molar-refractivity contribution >= 4 is 29.1 Å². The number of halogens is 2. The minimum absolute atomic E-state index is 0.0516. The number of rotatable bonds is 7. The van der Waals surface area contributed by atoms with Crippen LogP contribution >= 0.6 is 11.6 Å². The molecule has 28 heavy (non-hydrogen) atoms. The van der Waals surface area contributed by atoms with Crippen molar-refractivity contribution in [3.8, 4) is 0 Å². The van der Waals surface area contributed by atoms with Crippen LogP contribution in [0.1, 0.15) is 12.5 Å². The quantitative estimate of drug-likeness (QED) is 0.474. The molecule has 0 aliphatic carbocycles. The highest BCUT2D eigenvalue weighted by Gasteiger charge is 2.18. The topological polar surface area (TPSA) is 121 Å². The minimum Gasteiger partial charge on any atom is -0.293 e. The average Bonchev–Trinajstić information content (AvgIpc) is 3.28. The maximum atomic E-state index is 13.9. The molecule has 0 saturated heterocycles. The summed E-state index contributed by atoms with van der Waals surface area (Å²) in [5.41, 5.74) is 0.111. The van der Waals surface area contributed by atoms with Crippen LogP contribution in [0.4, 0.5) is 16.0 Å². The van der Waals surface area contributed by atoms with Gasteiger partial charge in [0, 0.05) is 10.6 Å². The van der Waals surface area contributed by atoms with E-state index in [-0.39, 0.29) is 41.2 Å². The first kappa shape index (κ1) is 19.4. The summed E-state index contributed by atoms with van der Waals surface area (Å²) in [6.07, 6.45) is 3.70. The van der Waals surface area contributed by atoms with Gasteiger partial charge in [0.05, 0.1) is 23.9 Å². The summed E-state index contributed by atoms with van der Waals surface area (Å²) in [5, 5.41) is 21.4. The van der Waals surface area contributed by atoms with Gasteiger partial charge in [-0.1, -0.05) is 24.6 Å². The fraction of sp³-hybridized carbons (Fsp3) is 0.250. The highest BCUT2D eigenvalue weighted by Crippen LogP contribution is 2.20. The van der Waals surface area contributed by atoms with E-state index in [0.29, 0.717) is 0 Å². The molecule has 2 aromatic heterocycles. The Bertz CT molecular complexity index is 999.